The highest BCUT2D eigenvalue weighted by Gasteiger charge is 2.37. The molecule has 2 amide bonds. The molecule has 0 fully saturated rings. The monoisotopic (exact) mass is 385 g/mol. The number of hydrogen-bond acceptors (Lipinski definition) is 3. The molecule has 3 rings (SSSR count). The van der Waals surface area contributed by atoms with Crippen molar-refractivity contribution in [2.24, 2.45) is 0 Å². The molecule has 0 unspecified atom stereocenters. The quantitative estimate of drug-likeness (QED) is 0.871. The molecule has 2 aromatic rings. The molecule has 0 atom stereocenters. The zero-order chi connectivity index (χ0) is 19.8. The first-order valence-corrected chi connectivity index (χ1v) is 9.22. The molecular formula is C21H24ClN3O2. The van der Waals surface area contributed by atoms with Gasteiger partial charge in [0.15, 0.2) is 0 Å². The largest absolute Gasteiger partial charge is 0.361 e. The van der Waals surface area contributed by atoms with E-state index in [0.29, 0.717) is 11.3 Å². The zero-order valence-electron chi connectivity index (χ0n) is 16.0. The van der Waals surface area contributed by atoms with Gasteiger partial charge in [-0.2, -0.15) is 0 Å². The molecule has 0 aromatic heterocycles. The van der Waals surface area contributed by atoms with E-state index in [2.05, 4.69) is 24.1 Å². The summed E-state index contributed by atoms with van der Waals surface area (Å²) >= 11 is 6.39. The number of nitrogens with zero attached hydrogens (tertiary/aromatic N) is 2. The molecule has 1 aliphatic heterocycles. The molecule has 1 heterocycles. The molecule has 0 saturated heterocycles. The molecule has 27 heavy (non-hydrogen) atoms. The van der Waals surface area contributed by atoms with Crippen molar-refractivity contribution in [3.63, 3.8) is 0 Å². The van der Waals surface area contributed by atoms with Crippen LogP contribution >= 0.6 is 11.6 Å². The first-order chi connectivity index (χ1) is 12.7. The lowest BCUT2D eigenvalue weighted by Gasteiger charge is -2.22. The Balaban J connectivity index is 1.69. The van der Waals surface area contributed by atoms with E-state index < -0.39 is 0 Å². The third kappa shape index (κ3) is 3.93. The van der Waals surface area contributed by atoms with Crippen molar-refractivity contribution in [2.75, 3.05) is 37.4 Å². The van der Waals surface area contributed by atoms with Gasteiger partial charge in [0.1, 0.15) is 0 Å². The highest BCUT2D eigenvalue weighted by molar-refractivity contribution is 6.32. The molecule has 142 valence electrons. The number of anilines is 2. The lowest BCUT2D eigenvalue weighted by Crippen LogP contribution is -2.35. The first-order valence-electron chi connectivity index (χ1n) is 8.84. The average Bonchev–Trinajstić information content (AvgIpc) is 2.86. The van der Waals surface area contributed by atoms with Crippen LogP contribution in [0.5, 0.6) is 0 Å². The number of halogens is 1. The van der Waals surface area contributed by atoms with E-state index in [1.54, 1.807) is 38.4 Å². The van der Waals surface area contributed by atoms with Crippen molar-refractivity contribution < 1.29 is 9.59 Å². The number of rotatable bonds is 4. The molecule has 1 N–H and O–H groups in total. The van der Waals surface area contributed by atoms with E-state index in [-0.39, 0.29) is 23.8 Å². The molecule has 2 aromatic carbocycles. The normalized spacial score (nSPS) is 14.6. The van der Waals surface area contributed by atoms with Crippen LogP contribution in [0.3, 0.4) is 0 Å². The SMILES string of the molecule is CN(C)C(=O)c1ccc(NC(=O)CN2CC(C)(C)c3c(Cl)cccc32)cc1. The predicted octanol–water partition coefficient (Wildman–Crippen LogP) is 3.78. The average molecular weight is 386 g/mol. The van der Waals surface area contributed by atoms with E-state index in [0.717, 1.165) is 22.8 Å². The number of fused-ring (bicyclic) bond motifs is 1. The third-order valence-corrected chi connectivity index (χ3v) is 5.07. The Bertz CT molecular complexity index is 875. The summed E-state index contributed by atoms with van der Waals surface area (Å²) in [5, 5.41) is 3.64. The summed E-state index contributed by atoms with van der Waals surface area (Å²) in [7, 11) is 3.42. The van der Waals surface area contributed by atoms with Crippen LogP contribution in [-0.2, 0) is 10.2 Å². The Hall–Kier alpha value is -2.53. The Morgan fingerprint density at radius 3 is 2.44 bits per heavy atom. The maximum absolute atomic E-state index is 12.5. The summed E-state index contributed by atoms with van der Waals surface area (Å²) < 4.78 is 0. The van der Waals surface area contributed by atoms with Gasteiger partial charge in [0.2, 0.25) is 5.91 Å². The van der Waals surface area contributed by atoms with E-state index >= 15 is 0 Å². The van der Waals surface area contributed by atoms with Gasteiger partial charge in [-0.3, -0.25) is 9.59 Å². The van der Waals surface area contributed by atoms with Gasteiger partial charge in [0.05, 0.1) is 6.54 Å². The third-order valence-electron chi connectivity index (χ3n) is 4.75. The number of hydrogen-bond donors (Lipinski definition) is 1. The van der Waals surface area contributed by atoms with Gasteiger partial charge in [-0.1, -0.05) is 31.5 Å². The lowest BCUT2D eigenvalue weighted by molar-refractivity contribution is -0.115. The van der Waals surface area contributed by atoms with Gasteiger partial charge >= 0.3 is 0 Å². The van der Waals surface area contributed by atoms with Crippen LogP contribution in [-0.4, -0.2) is 43.9 Å². The predicted molar refractivity (Wildman–Crippen MR) is 110 cm³/mol. The number of amides is 2. The number of benzene rings is 2. The maximum atomic E-state index is 12.5. The van der Waals surface area contributed by atoms with Gasteiger partial charge in [0.25, 0.3) is 5.91 Å². The number of carbonyl (C=O) groups excluding carboxylic acids is 2. The van der Waals surface area contributed by atoms with Crippen LogP contribution in [0.1, 0.15) is 29.8 Å². The van der Waals surface area contributed by atoms with Crippen molar-refractivity contribution in [3.05, 3.63) is 58.6 Å². The molecule has 5 nitrogen and oxygen atoms in total. The molecule has 0 spiro atoms. The van der Waals surface area contributed by atoms with Crippen molar-refractivity contribution in [1.82, 2.24) is 4.90 Å². The second-order valence-electron chi connectivity index (χ2n) is 7.70. The topological polar surface area (TPSA) is 52.7 Å². The maximum Gasteiger partial charge on any atom is 0.253 e. The van der Waals surface area contributed by atoms with Gasteiger partial charge in [0, 0.05) is 53.6 Å². The zero-order valence-corrected chi connectivity index (χ0v) is 16.8. The Morgan fingerprint density at radius 2 is 1.81 bits per heavy atom. The Morgan fingerprint density at radius 1 is 1.15 bits per heavy atom. The highest BCUT2D eigenvalue weighted by atomic mass is 35.5. The molecule has 1 aliphatic rings. The van der Waals surface area contributed by atoms with Gasteiger partial charge in [-0.15, -0.1) is 0 Å². The van der Waals surface area contributed by atoms with Crippen LogP contribution in [0.2, 0.25) is 5.02 Å². The summed E-state index contributed by atoms with van der Waals surface area (Å²) in [6.07, 6.45) is 0. The van der Waals surface area contributed by atoms with Crippen molar-refractivity contribution in [2.45, 2.75) is 19.3 Å². The van der Waals surface area contributed by atoms with Crippen LogP contribution in [0.4, 0.5) is 11.4 Å². The van der Waals surface area contributed by atoms with Crippen molar-refractivity contribution in [3.8, 4) is 0 Å². The number of carbonyl (C=O) groups is 2. The molecular weight excluding hydrogens is 362 g/mol. The Labute approximate surface area is 164 Å². The van der Waals surface area contributed by atoms with Gasteiger partial charge < -0.3 is 15.1 Å². The van der Waals surface area contributed by atoms with Crippen molar-refractivity contribution in [1.29, 1.82) is 0 Å². The van der Waals surface area contributed by atoms with Crippen LogP contribution < -0.4 is 10.2 Å². The molecule has 0 bridgehead atoms. The van der Waals surface area contributed by atoms with Crippen molar-refractivity contribution >= 4 is 34.8 Å². The first kappa shape index (κ1) is 19.2. The minimum Gasteiger partial charge on any atom is -0.361 e. The van der Waals surface area contributed by atoms with Crippen LogP contribution in [0.15, 0.2) is 42.5 Å². The van der Waals surface area contributed by atoms with Gasteiger partial charge in [-0.05, 0) is 36.4 Å². The molecule has 0 saturated carbocycles. The highest BCUT2D eigenvalue weighted by Crippen LogP contribution is 2.44. The lowest BCUT2D eigenvalue weighted by atomic mass is 9.87. The van der Waals surface area contributed by atoms with E-state index in [1.807, 2.05) is 18.2 Å². The fourth-order valence-electron chi connectivity index (χ4n) is 3.56. The van der Waals surface area contributed by atoms with Gasteiger partial charge in [-0.25, -0.2) is 0 Å². The minimum atomic E-state index is -0.109. The molecule has 0 radical (unpaired) electrons. The summed E-state index contributed by atoms with van der Waals surface area (Å²) in [6.45, 7) is 5.25. The minimum absolute atomic E-state index is 0.0688. The molecule has 0 aliphatic carbocycles. The fraction of sp³-hybridized carbons (Fsp3) is 0.333. The van der Waals surface area contributed by atoms with E-state index in [1.165, 1.54) is 4.90 Å². The summed E-state index contributed by atoms with van der Waals surface area (Å²) in [5.41, 5.74) is 3.24. The smallest absolute Gasteiger partial charge is 0.253 e. The van der Waals surface area contributed by atoms with Crippen LogP contribution in [0.25, 0.3) is 0 Å². The molecule has 6 heteroatoms. The van der Waals surface area contributed by atoms with E-state index in [9.17, 15) is 9.59 Å². The van der Waals surface area contributed by atoms with E-state index in [4.69, 9.17) is 11.6 Å². The second kappa shape index (κ2) is 7.24. The summed E-state index contributed by atoms with van der Waals surface area (Å²) in [5.74, 6) is -0.175. The fourth-order valence-corrected chi connectivity index (χ4v) is 3.98. The number of nitrogens with one attached hydrogen (secondary N) is 1. The Kier molecular flexibility index (Phi) is 5.16. The standard InChI is InChI=1S/C21H24ClN3O2/c1-21(2)13-25(17-7-5-6-16(22)19(17)21)12-18(26)23-15-10-8-14(9-11-15)20(27)24(3)4/h5-11H,12-13H2,1-4H3,(H,23,26). The van der Waals surface area contributed by atoms with Crippen LogP contribution in [0, 0.1) is 0 Å². The summed E-state index contributed by atoms with van der Waals surface area (Å²) in [4.78, 5) is 28.0. The second-order valence-corrected chi connectivity index (χ2v) is 8.11. The summed E-state index contributed by atoms with van der Waals surface area (Å²) in [6, 6.07) is 12.7.